The van der Waals surface area contributed by atoms with Gasteiger partial charge in [0, 0.05) is 18.3 Å². The Kier molecular flexibility index (Phi) is 4.45. The molecule has 2 N–H and O–H groups in total. The predicted octanol–water partition coefficient (Wildman–Crippen LogP) is 1.17. The van der Waals surface area contributed by atoms with Gasteiger partial charge in [0.15, 0.2) is 11.5 Å². The Morgan fingerprint density at radius 1 is 1.15 bits per heavy atom. The van der Waals surface area contributed by atoms with E-state index < -0.39 is 11.8 Å². The number of benzene rings is 1. The predicted molar refractivity (Wildman–Crippen MR) is 73.9 cm³/mol. The van der Waals surface area contributed by atoms with Crippen molar-refractivity contribution in [2.24, 2.45) is 5.92 Å². The van der Waals surface area contributed by atoms with Crippen molar-refractivity contribution in [3.05, 3.63) is 18.2 Å². The minimum atomic E-state index is -0.692. The van der Waals surface area contributed by atoms with Crippen molar-refractivity contribution in [3.8, 4) is 11.5 Å². The van der Waals surface area contributed by atoms with Crippen molar-refractivity contribution in [2.75, 3.05) is 25.1 Å². The zero-order valence-electron chi connectivity index (χ0n) is 11.6. The molecule has 1 aromatic rings. The summed E-state index contributed by atoms with van der Waals surface area (Å²) < 4.78 is 10.8. The molecule has 0 fully saturated rings. The molecule has 0 aliphatic carbocycles. The van der Waals surface area contributed by atoms with E-state index in [-0.39, 0.29) is 0 Å². The fraction of sp³-hybridized carbons (Fsp3) is 0.429. The lowest BCUT2D eigenvalue weighted by Gasteiger charge is -2.18. The molecule has 0 spiro atoms. The highest BCUT2D eigenvalue weighted by molar-refractivity contribution is 6.39. The van der Waals surface area contributed by atoms with Crippen molar-refractivity contribution >= 4 is 17.5 Å². The summed E-state index contributed by atoms with van der Waals surface area (Å²) >= 11 is 0. The molecule has 6 heteroatoms. The Bertz CT molecular complexity index is 514. The maximum absolute atomic E-state index is 11.7. The first kappa shape index (κ1) is 14.2. The van der Waals surface area contributed by atoms with Crippen LogP contribution in [0.25, 0.3) is 0 Å². The molecule has 0 saturated heterocycles. The van der Waals surface area contributed by atoms with E-state index in [0.29, 0.717) is 42.9 Å². The summed E-state index contributed by atoms with van der Waals surface area (Å²) in [6.07, 6.45) is 0. The smallest absolute Gasteiger partial charge is 0.313 e. The number of ether oxygens (including phenoxy) is 2. The third kappa shape index (κ3) is 3.63. The van der Waals surface area contributed by atoms with Crippen LogP contribution < -0.4 is 20.1 Å². The van der Waals surface area contributed by atoms with E-state index in [2.05, 4.69) is 10.6 Å². The summed E-state index contributed by atoms with van der Waals surface area (Å²) in [5, 5.41) is 5.09. The van der Waals surface area contributed by atoms with Crippen LogP contribution in [0.3, 0.4) is 0 Å². The number of carbonyl (C=O) groups is 2. The summed E-state index contributed by atoms with van der Waals surface area (Å²) in [5.74, 6) is 0.159. The Morgan fingerprint density at radius 3 is 2.55 bits per heavy atom. The van der Waals surface area contributed by atoms with Crippen molar-refractivity contribution in [1.82, 2.24) is 5.32 Å². The van der Waals surface area contributed by atoms with Crippen LogP contribution in [0.2, 0.25) is 0 Å². The van der Waals surface area contributed by atoms with Gasteiger partial charge in [0.25, 0.3) is 0 Å². The van der Waals surface area contributed by atoms with Crippen LogP contribution in [0.5, 0.6) is 11.5 Å². The largest absolute Gasteiger partial charge is 0.486 e. The maximum Gasteiger partial charge on any atom is 0.313 e. The summed E-state index contributed by atoms with van der Waals surface area (Å²) in [6.45, 7) is 5.36. The molecule has 0 unspecified atom stereocenters. The van der Waals surface area contributed by atoms with Gasteiger partial charge in [0.2, 0.25) is 0 Å². The highest BCUT2D eigenvalue weighted by Crippen LogP contribution is 2.32. The van der Waals surface area contributed by atoms with E-state index in [1.807, 2.05) is 13.8 Å². The molecule has 6 nitrogen and oxygen atoms in total. The highest BCUT2D eigenvalue weighted by atomic mass is 16.6. The fourth-order valence-electron chi connectivity index (χ4n) is 1.69. The first-order valence-electron chi connectivity index (χ1n) is 6.55. The third-order valence-corrected chi connectivity index (χ3v) is 2.68. The molecule has 1 aromatic carbocycles. The summed E-state index contributed by atoms with van der Waals surface area (Å²) in [6, 6.07) is 5.01. The lowest BCUT2D eigenvalue weighted by Crippen LogP contribution is -2.37. The Labute approximate surface area is 117 Å². The highest BCUT2D eigenvalue weighted by Gasteiger charge is 2.16. The third-order valence-electron chi connectivity index (χ3n) is 2.68. The van der Waals surface area contributed by atoms with E-state index in [1.165, 1.54) is 0 Å². The Hall–Kier alpha value is -2.24. The number of anilines is 1. The van der Waals surface area contributed by atoms with Crippen molar-refractivity contribution in [1.29, 1.82) is 0 Å². The van der Waals surface area contributed by atoms with Gasteiger partial charge in [-0.15, -0.1) is 0 Å². The molecule has 20 heavy (non-hydrogen) atoms. The quantitative estimate of drug-likeness (QED) is 0.814. The summed E-state index contributed by atoms with van der Waals surface area (Å²) in [5.41, 5.74) is 0.499. The SMILES string of the molecule is CC(C)CNC(=O)C(=O)Nc1ccc2c(c1)OCCO2. The van der Waals surface area contributed by atoms with Gasteiger partial charge in [0.1, 0.15) is 13.2 Å². The molecule has 0 bridgehead atoms. The van der Waals surface area contributed by atoms with Crippen molar-refractivity contribution < 1.29 is 19.1 Å². The molecule has 1 aliphatic rings. The lowest BCUT2D eigenvalue weighted by atomic mass is 10.2. The zero-order valence-corrected chi connectivity index (χ0v) is 11.6. The van der Waals surface area contributed by atoms with Crippen LogP contribution in [0.4, 0.5) is 5.69 Å². The molecule has 0 atom stereocenters. The normalized spacial score (nSPS) is 12.9. The van der Waals surface area contributed by atoms with E-state index >= 15 is 0 Å². The molecular weight excluding hydrogens is 260 g/mol. The number of carbonyl (C=O) groups excluding carboxylic acids is 2. The number of hydrogen-bond donors (Lipinski definition) is 2. The van der Waals surface area contributed by atoms with Gasteiger partial charge in [-0.2, -0.15) is 0 Å². The molecule has 2 rings (SSSR count). The molecule has 0 radical (unpaired) electrons. The van der Waals surface area contributed by atoms with Gasteiger partial charge in [0.05, 0.1) is 0 Å². The number of fused-ring (bicyclic) bond motifs is 1. The van der Waals surface area contributed by atoms with Gasteiger partial charge >= 0.3 is 11.8 Å². The first-order valence-corrected chi connectivity index (χ1v) is 6.55. The van der Waals surface area contributed by atoms with Crippen molar-refractivity contribution in [3.63, 3.8) is 0 Å². The number of amides is 2. The minimum Gasteiger partial charge on any atom is -0.486 e. The van der Waals surface area contributed by atoms with Gasteiger partial charge in [-0.25, -0.2) is 0 Å². The second-order valence-corrected chi connectivity index (χ2v) is 4.92. The molecule has 108 valence electrons. The maximum atomic E-state index is 11.7. The van der Waals surface area contributed by atoms with Crippen LogP contribution in [0.1, 0.15) is 13.8 Å². The number of rotatable bonds is 3. The van der Waals surface area contributed by atoms with Gasteiger partial charge in [-0.1, -0.05) is 13.8 Å². The Morgan fingerprint density at radius 2 is 1.85 bits per heavy atom. The summed E-state index contributed by atoms with van der Waals surface area (Å²) in [4.78, 5) is 23.3. The molecule has 0 aromatic heterocycles. The van der Waals surface area contributed by atoms with E-state index in [9.17, 15) is 9.59 Å². The number of nitrogens with one attached hydrogen (secondary N) is 2. The molecule has 2 amide bonds. The average molecular weight is 278 g/mol. The van der Waals surface area contributed by atoms with Crippen LogP contribution in [-0.4, -0.2) is 31.6 Å². The van der Waals surface area contributed by atoms with E-state index in [1.54, 1.807) is 18.2 Å². The first-order chi connectivity index (χ1) is 9.56. The number of hydrogen-bond acceptors (Lipinski definition) is 4. The van der Waals surface area contributed by atoms with Crippen LogP contribution >= 0.6 is 0 Å². The molecule has 0 saturated carbocycles. The standard InChI is InChI=1S/C14H18N2O4/c1-9(2)8-15-13(17)14(18)16-10-3-4-11-12(7-10)20-6-5-19-11/h3-4,7,9H,5-6,8H2,1-2H3,(H,15,17)(H,16,18). The minimum absolute atomic E-state index is 0.293. The monoisotopic (exact) mass is 278 g/mol. The van der Waals surface area contributed by atoms with Crippen LogP contribution in [0, 0.1) is 5.92 Å². The van der Waals surface area contributed by atoms with Gasteiger partial charge in [-0.3, -0.25) is 9.59 Å². The lowest BCUT2D eigenvalue weighted by molar-refractivity contribution is -0.136. The second kappa shape index (κ2) is 6.27. The fourth-order valence-corrected chi connectivity index (χ4v) is 1.69. The zero-order chi connectivity index (χ0) is 14.5. The average Bonchev–Trinajstić information content (AvgIpc) is 2.44. The second-order valence-electron chi connectivity index (χ2n) is 4.92. The Balaban J connectivity index is 1.95. The van der Waals surface area contributed by atoms with E-state index in [4.69, 9.17) is 9.47 Å². The molecule has 1 aliphatic heterocycles. The molecule has 1 heterocycles. The van der Waals surface area contributed by atoms with Gasteiger partial charge in [-0.05, 0) is 18.1 Å². The van der Waals surface area contributed by atoms with Crippen LogP contribution in [-0.2, 0) is 9.59 Å². The van der Waals surface area contributed by atoms with E-state index in [0.717, 1.165) is 0 Å². The van der Waals surface area contributed by atoms with Gasteiger partial charge < -0.3 is 20.1 Å². The van der Waals surface area contributed by atoms with Crippen molar-refractivity contribution in [2.45, 2.75) is 13.8 Å². The summed E-state index contributed by atoms with van der Waals surface area (Å²) in [7, 11) is 0. The molecular formula is C14H18N2O4. The topological polar surface area (TPSA) is 76.7 Å². The van der Waals surface area contributed by atoms with Crippen LogP contribution in [0.15, 0.2) is 18.2 Å².